The minimum absolute atomic E-state index is 0.198. The van der Waals surface area contributed by atoms with Gasteiger partial charge in [0, 0.05) is 37.6 Å². The second-order valence-corrected chi connectivity index (χ2v) is 9.96. The lowest BCUT2D eigenvalue weighted by molar-refractivity contribution is 0.111. The van der Waals surface area contributed by atoms with Crippen LogP contribution < -0.4 is 0 Å². The van der Waals surface area contributed by atoms with Crippen LogP contribution in [0.5, 0.6) is 0 Å². The van der Waals surface area contributed by atoms with Gasteiger partial charge in [0.1, 0.15) is 5.82 Å². The van der Waals surface area contributed by atoms with Gasteiger partial charge in [0.05, 0.1) is 6.04 Å². The van der Waals surface area contributed by atoms with Crippen molar-refractivity contribution < 1.29 is 12.8 Å². The van der Waals surface area contributed by atoms with Crippen molar-refractivity contribution in [3.05, 3.63) is 70.5 Å². The van der Waals surface area contributed by atoms with Crippen LogP contribution in [0.1, 0.15) is 42.3 Å². The van der Waals surface area contributed by atoms with Crippen LogP contribution in [0.25, 0.3) is 0 Å². The van der Waals surface area contributed by atoms with Gasteiger partial charge in [-0.15, -0.1) is 4.41 Å². The molecule has 0 aromatic heterocycles. The minimum Gasteiger partial charge on any atom is -0.229 e. The molecule has 4 rings (SSSR count). The van der Waals surface area contributed by atoms with Gasteiger partial charge >= 0.3 is 0 Å². The fraction of sp³-hybridized carbons (Fsp3) is 0.429. The monoisotopic (exact) mass is 437 g/mol. The van der Waals surface area contributed by atoms with E-state index in [1.54, 1.807) is 34.6 Å². The van der Waals surface area contributed by atoms with Crippen molar-refractivity contribution in [3.63, 3.8) is 0 Å². The molecule has 0 radical (unpaired) electrons. The molecular formula is C21H25ClFN3O2S. The normalized spacial score (nSPS) is 24.8. The summed E-state index contributed by atoms with van der Waals surface area (Å²) in [6.45, 7) is 1.54. The van der Waals surface area contributed by atoms with E-state index in [4.69, 9.17) is 11.6 Å². The molecule has 2 atom stereocenters. The largest absolute Gasteiger partial charge is 0.295 e. The van der Waals surface area contributed by atoms with Gasteiger partial charge in [0.2, 0.25) is 0 Å². The van der Waals surface area contributed by atoms with Crippen molar-refractivity contribution in [3.8, 4) is 0 Å². The van der Waals surface area contributed by atoms with E-state index in [1.165, 1.54) is 16.5 Å². The summed E-state index contributed by atoms with van der Waals surface area (Å²) in [5.41, 5.74) is 1.63. The molecular weight excluding hydrogens is 413 g/mol. The van der Waals surface area contributed by atoms with Gasteiger partial charge in [-0.1, -0.05) is 42.3 Å². The standard InChI is InChI=1S/C21H25ClFN3O2S/c1-24-15-20(17-6-5-7-19(23)14-17)21(16-8-10-18(22)11-9-16)26(24)29(27,28)25-12-3-2-4-13-25/h5-11,14,20-21H,2-4,12-13,15H2,1H3. The third-order valence-electron chi connectivity index (χ3n) is 5.78. The van der Waals surface area contributed by atoms with Gasteiger partial charge in [0.15, 0.2) is 0 Å². The molecule has 2 aliphatic rings. The van der Waals surface area contributed by atoms with Crippen LogP contribution >= 0.6 is 11.6 Å². The summed E-state index contributed by atoms with van der Waals surface area (Å²) in [6, 6.07) is 13.2. The molecule has 0 saturated carbocycles. The van der Waals surface area contributed by atoms with E-state index in [2.05, 4.69) is 0 Å². The van der Waals surface area contributed by atoms with Crippen molar-refractivity contribution >= 4 is 21.8 Å². The van der Waals surface area contributed by atoms with Crippen molar-refractivity contribution in [2.24, 2.45) is 0 Å². The van der Waals surface area contributed by atoms with Crippen LogP contribution in [0.15, 0.2) is 48.5 Å². The first-order valence-corrected chi connectivity index (χ1v) is 11.7. The molecule has 0 aliphatic carbocycles. The van der Waals surface area contributed by atoms with Gasteiger partial charge < -0.3 is 0 Å². The molecule has 2 fully saturated rings. The summed E-state index contributed by atoms with van der Waals surface area (Å²) >= 11 is 6.07. The number of nitrogens with zero attached hydrogens (tertiary/aromatic N) is 3. The van der Waals surface area contributed by atoms with Gasteiger partial charge in [0.25, 0.3) is 10.2 Å². The highest BCUT2D eigenvalue weighted by atomic mass is 35.5. The van der Waals surface area contributed by atoms with E-state index in [9.17, 15) is 12.8 Å². The number of hydrazine groups is 1. The molecule has 2 saturated heterocycles. The van der Waals surface area contributed by atoms with Gasteiger partial charge in [-0.2, -0.15) is 12.7 Å². The molecule has 156 valence electrons. The summed E-state index contributed by atoms with van der Waals surface area (Å²) in [6.07, 6.45) is 2.79. The maximum absolute atomic E-state index is 14.0. The number of hydrogen-bond donors (Lipinski definition) is 0. The van der Waals surface area contributed by atoms with Gasteiger partial charge in [-0.25, -0.2) is 9.40 Å². The van der Waals surface area contributed by atoms with Gasteiger partial charge in [-0.3, -0.25) is 0 Å². The summed E-state index contributed by atoms with van der Waals surface area (Å²) in [7, 11) is -1.92. The third kappa shape index (κ3) is 4.07. The molecule has 8 heteroatoms. The highest BCUT2D eigenvalue weighted by Crippen LogP contribution is 2.45. The van der Waals surface area contributed by atoms with E-state index in [-0.39, 0.29) is 11.7 Å². The molecule has 2 aromatic rings. The molecule has 2 heterocycles. The molecule has 2 unspecified atom stereocenters. The Morgan fingerprint density at radius 3 is 2.34 bits per heavy atom. The maximum atomic E-state index is 14.0. The molecule has 5 nitrogen and oxygen atoms in total. The van der Waals surface area contributed by atoms with Crippen molar-refractivity contribution in [2.75, 3.05) is 26.7 Å². The Labute approximate surface area is 176 Å². The molecule has 0 N–H and O–H groups in total. The average Bonchev–Trinajstić information content (AvgIpc) is 3.07. The highest BCUT2D eigenvalue weighted by Gasteiger charge is 2.48. The van der Waals surface area contributed by atoms with E-state index < -0.39 is 16.3 Å². The zero-order valence-corrected chi connectivity index (χ0v) is 17.9. The molecule has 0 amide bonds. The smallest absolute Gasteiger partial charge is 0.229 e. The number of hydrogen-bond acceptors (Lipinski definition) is 3. The molecule has 29 heavy (non-hydrogen) atoms. The Morgan fingerprint density at radius 2 is 1.69 bits per heavy atom. The Balaban J connectivity index is 1.79. The minimum atomic E-state index is -3.70. The molecule has 0 bridgehead atoms. The van der Waals surface area contributed by atoms with E-state index in [0.717, 1.165) is 30.4 Å². The zero-order chi connectivity index (χ0) is 20.6. The third-order valence-corrected chi connectivity index (χ3v) is 8.03. The number of benzene rings is 2. The van der Waals surface area contributed by atoms with E-state index in [1.807, 2.05) is 18.2 Å². The van der Waals surface area contributed by atoms with Crippen LogP contribution in [0.2, 0.25) is 5.02 Å². The van der Waals surface area contributed by atoms with Gasteiger partial charge in [-0.05, 0) is 48.2 Å². The summed E-state index contributed by atoms with van der Waals surface area (Å²) in [5.74, 6) is -0.520. The highest BCUT2D eigenvalue weighted by molar-refractivity contribution is 7.86. The van der Waals surface area contributed by atoms with Crippen molar-refractivity contribution in [1.82, 2.24) is 13.7 Å². The number of halogens is 2. The fourth-order valence-electron chi connectivity index (χ4n) is 4.41. The van der Waals surface area contributed by atoms with E-state index >= 15 is 0 Å². The Morgan fingerprint density at radius 1 is 1.00 bits per heavy atom. The summed E-state index contributed by atoms with van der Waals surface area (Å²) in [5, 5.41) is 2.34. The first-order chi connectivity index (χ1) is 13.9. The number of piperidine rings is 1. The summed E-state index contributed by atoms with van der Waals surface area (Å²) < 4.78 is 44.2. The Bertz CT molecular complexity index is 964. The molecule has 2 aromatic carbocycles. The molecule has 2 aliphatic heterocycles. The first kappa shape index (κ1) is 20.8. The second-order valence-electron chi connectivity index (χ2n) is 7.74. The quantitative estimate of drug-likeness (QED) is 0.720. The maximum Gasteiger partial charge on any atom is 0.295 e. The lowest BCUT2D eigenvalue weighted by Gasteiger charge is -2.36. The summed E-state index contributed by atoms with van der Waals surface area (Å²) in [4.78, 5) is 0. The van der Waals surface area contributed by atoms with Crippen LogP contribution in [0.3, 0.4) is 0 Å². The fourth-order valence-corrected chi connectivity index (χ4v) is 6.47. The van der Waals surface area contributed by atoms with E-state index in [0.29, 0.717) is 24.7 Å². The number of rotatable bonds is 4. The van der Waals surface area contributed by atoms with Crippen molar-refractivity contribution in [1.29, 1.82) is 0 Å². The second kappa shape index (κ2) is 8.32. The first-order valence-electron chi connectivity index (χ1n) is 9.89. The average molecular weight is 438 g/mol. The predicted octanol–water partition coefficient (Wildman–Crippen LogP) is 4.20. The lowest BCUT2D eigenvalue weighted by Crippen LogP contribution is -2.50. The lowest BCUT2D eigenvalue weighted by atomic mass is 9.88. The Hall–Kier alpha value is -1.51. The van der Waals surface area contributed by atoms with Crippen molar-refractivity contribution in [2.45, 2.75) is 31.2 Å². The van der Waals surface area contributed by atoms with Crippen LogP contribution in [-0.4, -0.2) is 48.8 Å². The zero-order valence-electron chi connectivity index (χ0n) is 16.3. The topological polar surface area (TPSA) is 43.9 Å². The van der Waals surface area contributed by atoms with Crippen LogP contribution in [-0.2, 0) is 10.2 Å². The Kier molecular flexibility index (Phi) is 5.95. The SMILES string of the molecule is CN1CC(c2cccc(F)c2)C(c2ccc(Cl)cc2)N1S(=O)(=O)N1CCCCC1. The van der Waals surface area contributed by atoms with Crippen LogP contribution in [0.4, 0.5) is 4.39 Å². The molecule has 0 spiro atoms. The van der Waals surface area contributed by atoms with Crippen LogP contribution in [0, 0.1) is 5.82 Å². The predicted molar refractivity (Wildman–Crippen MR) is 112 cm³/mol. The number of likely N-dealkylation sites (N-methyl/N-ethyl adjacent to an activating group) is 1.